The first-order chi connectivity index (χ1) is 15.4. The predicted molar refractivity (Wildman–Crippen MR) is 113 cm³/mol. The van der Waals surface area contributed by atoms with E-state index in [4.69, 9.17) is 18.9 Å². The Kier molecular flexibility index (Phi) is 5.14. The molecular weight excluding hydrogens is 416 g/mol. The maximum absolute atomic E-state index is 13.4. The molecule has 0 N–H and O–H groups in total. The summed E-state index contributed by atoms with van der Waals surface area (Å²) < 4.78 is 21.0. The van der Waals surface area contributed by atoms with Crippen molar-refractivity contribution in [3.63, 3.8) is 0 Å². The summed E-state index contributed by atoms with van der Waals surface area (Å²) in [7, 11) is 5.47. The number of fused-ring (bicyclic) bond motifs is 2. The Balaban J connectivity index is 1.92. The number of carbonyl (C=O) groups is 4. The van der Waals surface area contributed by atoms with Gasteiger partial charge in [-0.3, -0.25) is 19.2 Å². The molecule has 162 valence electrons. The number of hydrogen-bond acceptors (Lipinski definition) is 8. The molecule has 0 atom stereocenters. The number of Topliss-reactive ketones (excluding diaryl/α,β-unsaturated/α-hetero) is 2. The van der Waals surface area contributed by atoms with Crippen LogP contribution in [0.1, 0.15) is 41.4 Å². The molecule has 0 unspecified atom stereocenters. The van der Waals surface area contributed by atoms with E-state index in [0.717, 1.165) is 12.2 Å². The monoisotopic (exact) mass is 434 g/mol. The lowest BCUT2D eigenvalue weighted by Crippen LogP contribution is -2.26. The molecule has 8 nitrogen and oxygen atoms in total. The van der Waals surface area contributed by atoms with Gasteiger partial charge in [0.2, 0.25) is 0 Å². The minimum absolute atomic E-state index is 0.0288. The lowest BCUT2D eigenvalue weighted by molar-refractivity contribution is 0.0957. The number of methoxy groups -OCH3 is 4. The Labute approximate surface area is 183 Å². The van der Waals surface area contributed by atoms with E-state index in [2.05, 4.69) is 0 Å². The second-order valence-corrected chi connectivity index (χ2v) is 6.94. The Morgan fingerprint density at radius 2 is 0.750 bits per heavy atom. The SMILES string of the molecule is COc1ccc(OC)c2c1C(=O)C=C(C1=CC(=O)c3c(OC)ccc(OC)c3C1=O)C2=O. The standard InChI is InChI=1S/C24H18O8/c1-29-15-5-7-17(31-3)21-19(15)13(25)9-11(23(21)27)12-10-14(26)20-16(30-2)6-8-18(32-4)22(20)24(12)28/h5-10H,1-4H3. The molecule has 2 aliphatic rings. The summed E-state index contributed by atoms with van der Waals surface area (Å²) in [5.74, 6) is -1.65. The van der Waals surface area contributed by atoms with Crippen molar-refractivity contribution in [3.8, 4) is 23.0 Å². The molecule has 0 amide bonds. The van der Waals surface area contributed by atoms with E-state index in [1.807, 2.05) is 0 Å². The topological polar surface area (TPSA) is 105 Å². The van der Waals surface area contributed by atoms with Crippen molar-refractivity contribution < 1.29 is 38.1 Å². The van der Waals surface area contributed by atoms with E-state index in [-0.39, 0.29) is 56.4 Å². The number of ketones is 4. The van der Waals surface area contributed by atoms with Crippen molar-refractivity contribution in [2.24, 2.45) is 0 Å². The summed E-state index contributed by atoms with van der Waals surface area (Å²) in [6.07, 6.45) is 2.09. The average molecular weight is 434 g/mol. The fourth-order valence-electron chi connectivity index (χ4n) is 3.96. The number of hydrogen-bond donors (Lipinski definition) is 0. The van der Waals surface area contributed by atoms with E-state index in [0.29, 0.717) is 0 Å². The van der Waals surface area contributed by atoms with Crippen LogP contribution in [0.3, 0.4) is 0 Å². The van der Waals surface area contributed by atoms with Crippen molar-refractivity contribution in [1.82, 2.24) is 0 Å². The molecule has 0 fully saturated rings. The predicted octanol–water partition coefficient (Wildman–Crippen LogP) is 3.03. The Bertz CT molecular complexity index is 1180. The average Bonchev–Trinajstić information content (AvgIpc) is 2.81. The van der Waals surface area contributed by atoms with Crippen LogP contribution in [0.5, 0.6) is 23.0 Å². The molecule has 32 heavy (non-hydrogen) atoms. The maximum atomic E-state index is 13.4. The fourth-order valence-corrected chi connectivity index (χ4v) is 3.96. The van der Waals surface area contributed by atoms with Crippen molar-refractivity contribution in [2.75, 3.05) is 28.4 Å². The molecule has 0 bridgehead atoms. The molecule has 2 aliphatic carbocycles. The number of ether oxygens (including phenoxy) is 4. The van der Waals surface area contributed by atoms with Gasteiger partial charge in [0.1, 0.15) is 23.0 Å². The highest BCUT2D eigenvalue weighted by molar-refractivity contribution is 6.36. The highest BCUT2D eigenvalue weighted by atomic mass is 16.5. The highest BCUT2D eigenvalue weighted by Crippen LogP contribution is 2.41. The van der Waals surface area contributed by atoms with Crippen molar-refractivity contribution in [3.05, 3.63) is 69.8 Å². The van der Waals surface area contributed by atoms with Gasteiger partial charge in [-0.05, 0) is 36.4 Å². The maximum Gasteiger partial charge on any atom is 0.198 e. The van der Waals surface area contributed by atoms with E-state index in [1.54, 1.807) is 0 Å². The summed E-state index contributed by atoms with van der Waals surface area (Å²) in [5, 5.41) is 0. The van der Waals surface area contributed by atoms with Gasteiger partial charge < -0.3 is 18.9 Å². The molecule has 0 saturated heterocycles. The summed E-state index contributed by atoms with van der Waals surface area (Å²) in [4.78, 5) is 52.8. The van der Waals surface area contributed by atoms with Gasteiger partial charge >= 0.3 is 0 Å². The van der Waals surface area contributed by atoms with Crippen molar-refractivity contribution >= 4 is 23.1 Å². The van der Waals surface area contributed by atoms with Gasteiger partial charge in [0.05, 0.1) is 50.7 Å². The fraction of sp³-hybridized carbons (Fsp3) is 0.167. The molecule has 0 aromatic heterocycles. The van der Waals surface area contributed by atoms with Crippen molar-refractivity contribution in [2.45, 2.75) is 0 Å². The molecule has 0 aliphatic heterocycles. The zero-order valence-corrected chi connectivity index (χ0v) is 17.7. The van der Waals surface area contributed by atoms with Gasteiger partial charge in [-0.25, -0.2) is 0 Å². The van der Waals surface area contributed by atoms with E-state index in [1.165, 1.54) is 52.7 Å². The third kappa shape index (κ3) is 2.91. The van der Waals surface area contributed by atoms with E-state index in [9.17, 15) is 19.2 Å². The first-order valence-electron chi connectivity index (χ1n) is 9.49. The van der Waals surface area contributed by atoms with E-state index >= 15 is 0 Å². The third-order valence-electron chi connectivity index (χ3n) is 5.41. The van der Waals surface area contributed by atoms with Gasteiger partial charge in [-0.1, -0.05) is 0 Å². The van der Waals surface area contributed by atoms with Gasteiger partial charge in [0.25, 0.3) is 0 Å². The van der Waals surface area contributed by atoms with Crippen LogP contribution >= 0.6 is 0 Å². The highest BCUT2D eigenvalue weighted by Gasteiger charge is 2.39. The summed E-state index contributed by atoms with van der Waals surface area (Å²) in [6, 6.07) is 6.03. The normalized spacial score (nSPS) is 14.9. The van der Waals surface area contributed by atoms with Gasteiger partial charge in [-0.15, -0.1) is 0 Å². The molecule has 0 radical (unpaired) electrons. The second kappa shape index (κ2) is 7.81. The summed E-state index contributed by atoms with van der Waals surface area (Å²) in [5.41, 5.74) is -0.394. The van der Waals surface area contributed by atoms with Crippen LogP contribution < -0.4 is 18.9 Å². The van der Waals surface area contributed by atoms with Crippen LogP contribution in [0.4, 0.5) is 0 Å². The minimum Gasteiger partial charge on any atom is -0.496 e. The van der Waals surface area contributed by atoms with Crippen LogP contribution in [0, 0.1) is 0 Å². The number of benzene rings is 2. The molecule has 2 aromatic carbocycles. The first-order valence-corrected chi connectivity index (χ1v) is 9.49. The largest absolute Gasteiger partial charge is 0.496 e. The number of rotatable bonds is 5. The number of allylic oxidation sites excluding steroid dienone is 4. The Morgan fingerprint density at radius 3 is 1.03 bits per heavy atom. The lowest BCUT2D eigenvalue weighted by Gasteiger charge is -2.24. The number of carbonyl (C=O) groups excluding carboxylic acids is 4. The second-order valence-electron chi connectivity index (χ2n) is 6.94. The van der Waals surface area contributed by atoms with Crippen molar-refractivity contribution in [1.29, 1.82) is 0 Å². The van der Waals surface area contributed by atoms with Gasteiger partial charge in [0, 0.05) is 11.1 Å². The van der Waals surface area contributed by atoms with E-state index < -0.39 is 23.1 Å². The van der Waals surface area contributed by atoms with Crippen LogP contribution in [-0.2, 0) is 0 Å². The molecule has 8 heteroatoms. The summed E-state index contributed by atoms with van der Waals surface area (Å²) >= 11 is 0. The quantitative estimate of drug-likeness (QED) is 0.707. The van der Waals surface area contributed by atoms with Gasteiger partial charge in [-0.2, -0.15) is 0 Å². The van der Waals surface area contributed by atoms with Crippen LogP contribution in [-0.4, -0.2) is 51.6 Å². The molecular formula is C24H18O8. The molecule has 0 saturated carbocycles. The van der Waals surface area contributed by atoms with Crippen LogP contribution in [0.15, 0.2) is 47.6 Å². The third-order valence-corrected chi connectivity index (χ3v) is 5.41. The molecule has 0 heterocycles. The first kappa shape index (κ1) is 21.0. The molecule has 2 aromatic rings. The minimum atomic E-state index is -0.631. The molecule has 0 spiro atoms. The van der Waals surface area contributed by atoms with Crippen LogP contribution in [0.2, 0.25) is 0 Å². The molecule has 4 rings (SSSR count). The Morgan fingerprint density at radius 1 is 0.469 bits per heavy atom. The lowest BCUT2D eigenvalue weighted by atomic mass is 9.79. The summed E-state index contributed by atoms with van der Waals surface area (Å²) in [6.45, 7) is 0. The zero-order valence-electron chi connectivity index (χ0n) is 17.7. The smallest absolute Gasteiger partial charge is 0.198 e. The van der Waals surface area contributed by atoms with Gasteiger partial charge in [0.15, 0.2) is 23.1 Å². The Hall–Kier alpha value is -4.20. The van der Waals surface area contributed by atoms with Crippen LogP contribution in [0.25, 0.3) is 0 Å². The zero-order chi connectivity index (χ0) is 23.2.